The fraction of sp³-hybridized carbons (Fsp3) is 0.375. The van der Waals surface area contributed by atoms with Crippen LogP contribution in [0.3, 0.4) is 0 Å². The number of Topliss-reactive ketones (excluding diaryl/α,β-unsaturated/α-hetero) is 1. The van der Waals surface area contributed by atoms with E-state index in [0.29, 0.717) is 16.3 Å². The zero-order valence-electron chi connectivity index (χ0n) is 17.0. The van der Waals surface area contributed by atoms with E-state index in [1.807, 2.05) is 32.0 Å². The number of carbonyl (C=O) groups is 3. The van der Waals surface area contributed by atoms with Crippen LogP contribution >= 0.6 is 11.6 Å². The molecule has 3 aliphatic heterocycles. The summed E-state index contributed by atoms with van der Waals surface area (Å²) in [7, 11) is 0. The van der Waals surface area contributed by atoms with Gasteiger partial charge in [0.2, 0.25) is 11.8 Å². The molecular weight excluding hydrogens is 400 g/mol. The fourth-order valence-electron chi connectivity index (χ4n) is 5.63. The molecule has 3 aliphatic rings. The molecule has 0 bridgehead atoms. The summed E-state index contributed by atoms with van der Waals surface area (Å²) in [4.78, 5) is 43.9. The average molecular weight is 423 g/mol. The van der Waals surface area contributed by atoms with Crippen LogP contribution in [0, 0.1) is 25.7 Å². The Morgan fingerprint density at radius 1 is 0.967 bits per heavy atom. The molecular formula is C24H23ClN2O3. The maximum atomic E-state index is 13.6. The highest BCUT2D eigenvalue weighted by atomic mass is 35.5. The Kier molecular flexibility index (Phi) is 4.56. The summed E-state index contributed by atoms with van der Waals surface area (Å²) in [5.41, 5.74) is 3.14. The Balaban J connectivity index is 1.56. The van der Waals surface area contributed by atoms with Gasteiger partial charge in [-0.05, 0) is 80.8 Å². The third-order valence-corrected chi connectivity index (χ3v) is 6.97. The highest BCUT2D eigenvalue weighted by molar-refractivity contribution is 6.30. The summed E-state index contributed by atoms with van der Waals surface area (Å²) in [5, 5.41) is 0.558. The van der Waals surface area contributed by atoms with Gasteiger partial charge in [-0.15, -0.1) is 0 Å². The molecule has 0 aromatic heterocycles. The van der Waals surface area contributed by atoms with E-state index in [9.17, 15) is 14.4 Å². The van der Waals surface area contributed by atoms with Gasteiger partial charge in [-0.25, -0.2) is 4.90 Å². The number of nitrogens with zero attached hydrogens (tertiary/aromatic N) is 2. The summed E-state index contributed by atoms with van der Waals surface area (Å²) >= 11 is 5.98. The van der Waals surface area contributed by atoms with E-state index in [4.69, 9.17) is 11.6 Å². The monoisotopic (exact) mass is 422 g/mol. The molecule has 3 heterocycles. The number of imide groups is 1. The maximum Gasteiger partial charge on any atom is 0.239 e. The molecule has 0 radical (unpaired) electrons. The fourth-order valence-corrected chi connectivity index (χ4v) is 5.76. The van der Waals surface area contributed by atoms with Crippen LogP contribution in [0.4, 0.5) is 5.69 Å². The standard InChI is InChI=1S/C24H23ClN2O3/c1-13-10-14(2)12-17(11-13)27-23(29)19-18-4-3-9-26(18)21(20(19)24(27)30)22(28)15-5-7-16(25)8-6-15/h5-8,10-12,18-21H,3-4,9H2,1-2H3. The second-order valence-electron chi connectivity index (χ2n) is 8.67. The highest BCUT2D eigenvalue weighted by Crippen LogP contribution is 2.48. The number of rotatable bonds is 3. The molecule has 0 N–H and O–H groups in total. The third kappa shape index (κ3) is 2.83. The number of anilines is 1. The van der Waals surface area contributed by atoms with E-state index in [2.05, 4.69) is 4.90 Å². The Bertz CT molecular complexity index is 1040. The quantitative estimate of drug-likeness (QED) is 0.557. The number of hydrogen-bond acceptors (Lipinski definition) is 4. The predicted molar refractivity (Wildman–Crippen MR) is 115 cm³/mol. The van der Waals surface area contributed by atoms with Gasteiger partial charge >= 0.3 is 0 Å². The summed E-state index contributed by atoms with van der Waals surface area (Å²) in [5.74, 6) is -1.61. The van der Waals surface area contributed by atoms with Crippen LogP contribution in [0.25, 0.3) is 0 Å². The molecule has 2 amide bonds. The second-order valence-corrected chi connectivity index (χ2v) is 9.11. The van der Waals surface area contributed by atoms with Gasteiger partial charge in [0.25, 0.3) is 0 Å². The third-order valence-electron chi connectivity index (χ3n) is 6.71. The average Bonchev–Trinajstić information content (AvgIpc) is 3.33. The number of fused-ring (bicyclic) bond motifs is 3. The first kappa shape index (κ1) is 19.5. The maximum absolute atomic E-state index is 13.6. The topological polar surface area (TPSA) is 57.7 Å². The molecule has 0 aliphatic carbocycles. The van der Waals surface area contributed by atoms with Crippen molar-refractivity contribution >= 4 is 34.9 Å². The van der Waals surface area contributed by atoms with Crippen molar-refractivity contribution in [3.63, 3.8) is 0 Å². The van der Waals surface area contributed by atoms with Gasteiger partial charge in [0.15, 0.2) is 5.78 Å². The van der Waals surface area contributed by atoms with Crippen molar-refractivity contribution in [2.45, 2.75) is 38.8 Å². The molecule has 0 saturated carbocycles. The zero-order chi connectivity index (χ0) is 21.2. The van der Waals surface area contributed by atoms with E-state index >= 15 is 0 Å². The van der Waals surface area contributed by atoms with Crippen LogP contribution in [0.2, 0.25) is 5.02 Å². The first-order chi connectivity index (χ1) is 14.4. The summed E-state index contributed by atoms with van der Waals surface area (Å²) in [6.45, 7) is 4.65. The van der Waals surface area contributed by atoms with E-state index < -0.39 is 17.9 Å². The van der Waals surface area contributed by atoms with Crippen LogP contribution in [0.1, 0.15) is 34.3 Å². The molecule has 4 atom stereocenters. The molecule has 2 aromatic rings. The van der Waals surface area contributed by atoms with Crippen molar-refractivity contribution in [1.82, 2.24) is 4.90 Å². The van der Waals surface area contributed by atoms with Crippen LogP contribution in [0.5, 0.6) is 0 Å². The number of benzene rings is 2. The molecule has 0 spiro atoms. The molecule has 3 saturated heterocycles. The Labute approximate surface area is 180 Å². The Hall–Kier alpha value is -2.50. The second kappa shape index (κ2) is 7.03. The lowest BCUT2D eigenvalue weighted by Crippen LogP contribution is -2.46. The predicted octanol–water partition coefficient (Wildman–Crippen LogP) is 3.79. The molecule has 5 nitrogen and oxygen atoms in total. The van der Waals surface area contributed by atoms with Crippen LogP contribution in [-0.4, -0.2) is 41.1 Å². The largest absolute Gasteiger partial charge is 0.292 e. The van der Waals surface area contributed by atoms with E-state index in [1.54, 1.807) is 24.3 Å². The normalized spacial score (nSPS) is 28.2. The molecule has 30 heavy (non-hydrogen) atoms. The lowest BCUT2D eigenvalue weighted by atomic mass is 9.85. The first-order valence-corrected chi connectivity index (χ1v) is 10.8. The number of halogens is 1. The van der Waals surface area contributed by atoms with Crippen LogP contribution < -0.4 is 4.90 Å². The highest BCUT2D eigenvalue weighted by Gasteiger charge is 2.64. The molecule has 4 unspecified atom stereocenters. The van der Waals surface area contributed by atoms with Gasteiger partial charge in [-0.2, -0.15) is 0 Å². The number of amides is 2. The summed E-state index contributed by atoms with van der Waals surface area (Å²) < 4.78 is 0. The SMILES string of the molecule is Cc1cc(C)cc(N2C(=O)C3C(C2=O)C(C(=O)c2ccc(Cl)cc2)N2CCCC32)c1. The van der Waals surface area contributed by atoms with E-state index in [1.165, 1.54) is 4.90 Å². The summed E-state index contributed by atoms with van der Waals surface area (Å²) in [6, 6.07) is 11.9. The van der Waals surface area contributed by atoms with Crippen molar-refractivity contribution in [3.8, 4) is 0 Å². The summed E-state index contributed by atoms with van der Waals surface area (Å²) in [6.07, 6.45) is 1.77. The molecule has 154 valence electrons. The van der Waals surface area contributed by atoms with Crippen molar-refractivity contribution in [2.24, 2.45) is 11.8 Å². The van der Waals surface area contributed by atoms with E-state index in [-0.39, 0.29) is 23.6 Å². The van der Waals surface area contributed by atoms with Crippen molar-refractivity contribution in [3.05, 3.63) is 64.2 Å². The minimum Gasteiger partial charge on any atom is -0.292 e. The Morgan fingerprint density at radius 3 is 2.27 bits per heavy atom. The van der Waals surface area contributed by atoms with Gasteiger partial charge in [0.05, 0.1) is 23.6 Å². The van der Waals surface area contributed by atoms with Gasteiger partial charge in [-0.3, -0.25) is 19.3 Å². The first-order valence-electron chi connectivity index (χ1n) is 10.4. The minimum absolute atomic E-state index is 0.0522. The Morgan fingerprint density at radius 2 is 1.60 bits per heavy atom. The molecule has 3 fully saturated rings. The van der Waals surface area contributed by atoms with Crippen LogP contribution in [-0.2, 0) is 9.59 Å². The van der Waals surface area contributed by atoms with Gasteiger partial charge in [-0.1, -0.05) is 17.7 Å². The lowest BCUT2D eigenvalue weighted by Gasteiger charge is -2.27. The number of aryl methyl sites for hydroxylation is 2. The van der Waals surface area contributed by atoms with Crippen molar-refractivity contribution in [1.29, 1.82) is 0 Å². The lowest BCUT2D eigenvalue weighted by molar-refractivity contribution is -0.123. The number of hydrogen-bond donors (Lipinski definition) is 0. The minimum atomic E-state index is -0.633. The van der Waals surface area contributed by atoms with Gasteiger partial charge < -0.3 is 0 Å². The molecule has 2 aromatic carbocycles. The van der Waals surface area contributed by atoms with Gasteiger partial charge in [0, 0.05) is 16.6 Å². The number of ketones is 1. The van der Waals surface area contributed by atoms with Gasteiger partial charge in [0.1, 0.15) is 0 Å². The van der Waals surface area contributed by atoms with Crippen molar-refractivity contribution < 1.29 is 14.4 Å². The zero-order valence-corrected chi connectivity index (χ0v) is 17.7. The van der Waals surface area contributed by atoms with Crippen LogP contribution in [0.15, 0.2) is 42.5 Å². The molecule has 5 rings (SSSR count). The van der Waals surface area contributed by atoms with E-state index in [0.717, 1.165) is 30.5 Å². The molecule has 6 heteroatoms. The number of carbonyl (C=O) groups excluding carboxylic acids is 3. The van der Waals surface area contributed by atoms with Crippen molar-refractivity contribution in [2.75, 3.05) is 11.4 Å². The smallest absolute Gasteiger partial charge is 0.239 e.